The third kappa shape index (κ3) is 3.84. The Morgan fingerprint density at radius 1 is 1.38 bits per heavy atom. The minimum absolute atomic E-state index is 0.0543. The van der Waals surface area contributed by atoms with E-state index in [-0.39, 0.29) is 11.6 Å². The maximum absolute atomic E-state index is 13.1. The van der Waals surface area contributed by atoms with Crippen LogP contribution >= 0.6 is 0 Å². The molecule has 0 unspecified atom stereocenters. The quantitative estimate of drug-likeness (QED) is 0.756. The first-order valence-corrected chi connectivity index (χ1v) is 5.03. The predicted molar refractivity (Wildman–Crippen MR) is 58.1 cm³/mol. The van der Waals surface area contributed by atoms with E-state index in [1.165, 1.54) is 12.1 Å². The molecule has 0 heterocycles. The highest BCUT2D eigenvalue weighted by atomic mass is 19.1. The molecule has 2 N–H and O–H groups in total. The Balaban J connectivity index is 2.35. The molecule has 1 aromatic rings. The molecule has 0 saturated heterocycles. The van der Waals surface area contributed by atoms with Crippen LogP contribution in [0.3, 0.4) is 0 Å². The van der Waals surface area contributed by atoms with Crippen molar-refractivity contribution >= 4 is 11.6 Å². The predicted octanol–water partition coefficient (Wildman–Crippen LogP) is 1.90. The second kappa shape index (κ2) is 6.05. The fourth-order valence-electron chi connectivity index (χ4n) is 1.23. The van der Waals surface area contributed by atoms with Gasteiger partial charge < -0.3 is 10.6 Å². The van der Waals surface area contributed by atoms with Crippen molar-refractivity contribution in [2.24, 2.45) is 0 Å². The Morgan fingerprint density at radius 3 is 2.75 bits per heavy atom. The molecule has 0 fully saturated rings. The number of nitrogens with one attached hydrogen (secondary N) is 2. The number of hydrogen-bond acceptors (Lipinski definition) is 2. The normalized spacial score (nSPS) is 9.94. The minimum atomic E-state index is -0.625. The van der Waals surface area contributed by atoms with Gasteiger partial charge >= 0.3 is 0 Å². The van der Waals surface area contributed by atoms with E-state index in [0.717, 1.165) is 6.07 Å². The molecule has 0 spiro atoms. The Bertz CT molecular complexity index is 369. The van der Waals surface area contributed by atoms with Crippen molar-refractivity contribution in [3.05, 3.63) is 29.8 Å². The number of carbonyl (C=O) groups is 1. The van der Waals surface area contributed by atoms with Gasteiger partial charge in [-0.05, 0) is 18.6 Å². The molecule has 0 bridgehead atoms. The Kier molecular flexibility index (Phi) is 4.69. The highest BCUT2D eigenvalue weighted by Crippen LogP contribution is 2.14. The fourth-order valence-corrected chi connectivity index (χ4v) is 1.23. The lowest BCUT2D eigenvalue weighted by atomic mass is 10.2. The summed E-state index contributed by atoms with van der Waals surface area (Å²) in [5, 5.41) is 5.29. The summed E-state index contributed by atoms with van der Waals surface area (Å²) < 4.78 is 25.7. The number of anilines is 1. The van der Waals surface area contributed by atoms with Crippen LogP contribution in [0, 0.1) is 11.6 Å². The lowest BCUT2D eigenvalue weighted by Crippen LogP contribution is -2.18. The third-order valence-corrected chi connectivity index (χ3v) is 2.11. The molecular formula is C11H14F2N2O. The van der Waals surface area contributed by atoms with Gasteiger partial charge in [-0.2, -0.15) is 0 Å². The van der Waals surface area contributed by atoms with Crippen molar-refractivity contribution in [1.82, 2.24) is 5.32 Å². The van der Waals surface area contributed by atoms with E-state index in [9.17, 15) is 13.6 Å². The van der Waals surface area contributed by atoms with Crippen molar-refractivity contribution < 1.29 is 13.6 Å². The molecule has 88 valence electrons. The maximum atomic E-state index is 13.1. The average Bonchev–Trinajstić information content (AvgIpc) is 2.26. The Morgan fingerprint density at radius 2 is 2.12 bits per heavy atom. The Labute approximate surface area is 92.8 Å². The number of rotatable bonds is 5. The number of carbonyl (C=O) groups excluding carboxylic acids is 1. The van der Waals surface area contributed by atoms with Crippen LogP contribution in [-0.2, 0) is 4.79 Å². The van der Waals surface area contributed by atoms with E-state index in [0.29, 0.717) is 19.4 Å². The molecule has 0 radical (unpaired) electrons. The van der Waals surface area contributed by atoms with Crippen LogP contribution in [-0.4, -0.2) is 19.5 Å². The van der Waals surface area contributed by atoms with Crippen LogP contribution in [0.2, 0.25) is 0 Å². The molecule has 3 nitrogen and oxygen atoms in total. The SMILES string of the molecule is CNC(=O)CCCNc1ccc(F)cc1F. The summed E-state index contributed by atoms with van der Waals surface area (Å²) in [5.41, 5.74) is 0.248. The molecule has 0 aliphatic heterocycles. The summed E-state index contributed by atoms with van der Waals surface area (Å²) in [7, 11) is 1.56. The molecule has 1 aromatic carbocycles. The zero-order valence-electron chi connectivity index (χ0n) is 9.02. The minimum Gasteiger partial charge on any atom is -0.383 e. The summed E-state index contributed by atoms with van der Waals surface area (Å²) in [5.74, 6) is -1.28. The second-order valence-electron chi connectivity index (χ2n) is 3.33. The van der Waals surface area contributed by atoms with Crippen LogP contribution in [0.5, 0.6) is 0 Å². The summed E-state index contributed by atoms with van der Waals surface area (Å²) in [6.45, 7) is 0.468. The van der Waals surface area contributed by atoms with Gasteiger partial charge in [0.2, 0.25) is 5.91 Å². The largest absolute Gasteiger partial charge is 0.383 e. The number of benzene rings is 1. The molecule has 0 aliphatic rings. The first-order valence-electron chi connectivity index (χ1n) is 5.03. The van der Waals surface area contributed by atoms with E-state index in [1.54, 1.807) is 7.05 Å². The number of halogens is 2. The van der Waals surface area contributed by atoms with Gasteiger partial charge in [0.15, 0.2) is 0 Å². The lowest BCUT2D eigenvalue weighted by molar-refractivity contribution is -0.120. The monoisotopic (exact) mass is 228 g/mol. The average molecular weight is 228 g/mol. The number of amides is 1. The van der Waals surface area contributed by atoms with Crippen molar-refractivity contribution in [2.45, 2.75) is 12.8 Å². The topological polar surface area (TPSA) is 41.1 Å². The van der Waals surface area contributed by atoms with Gasteiger partial charge in [0.25, 0.3) is 0 Å². The zero-order chi connectivity index (χ0) is 12.0. The molecule has 0 aromatic heterocycles. The van der Waals surface area contributed by atoms with Crippen LogP contribution in [0.4, 0.5) is 14.5 Å². The highest BCUT2D eigenvalue weighted by Gasteiger charge is 2.03. The summed E-state index contributed by atoms with van der Waals surface area (Å²) >= 11 is 0. The second-order valence-corrected chi connectivity index (χ2v) is 3.33. The maximum Gasteiger partial charge on any atom is 0.219 e. The van der Waals surface area contributed by atoms with Gasteiger partial charge in [0, 0.05) is 26.1 Å². The van der Waals surface area contributed by atoms with Crippen molar-refractivity contribution in [3.63, 3.8) is 0 Å². The Hall–Kier alpha value is -1.65. The van der Waals surface area contributed by atoms with E-state index < -0.39 is 11.6 Å². The first kappa shape index (κ1) is 12.4. The molecular weight excluding hydrogens is 214 g/mol. The fraction of sp³-hybridized carbons (Fsp3) is 0.364. The van der Waals surface area contributed by atoms with Gasteiger partial charge in [-0.15, -0.1) is 0 Å². The third-order valence-electron chi connectivity index (χ3n) is 2.11. The van der Waals surface area contributed by atoms with Crippen LogP contribution in [0.15, 0.2) is 18.2 Å². The molecule has 16 heavy (non-hydrogen) atoms. The van der Waals surface area contributed by atoms with Gasteiger partial charge in [-0.25, -0.2) is 8.78 Å². The first-order chi connectivity index (χ1) is 7.63. The zero-order valence-corrected chi connectivity index (χ0v) is 9.02. The molecule has 0 atom stereocenters. The summed E-state index contributed by atoms with van der Waals surface area (Å²) in [6.07, 6.45) is 0.975. The van der Waals surface area contributed by atoms with Crippen molar-refractivity contribution in [2.75, 3.05) is 18.9 Å². The molecule has 0 aliphatic carbocycles. The molecule has 0 saturated carbocycles. The van der Waals surface area contributed by atoms with Gasteiger partial charge in [0.1, 0.15) is 11.6 Å². The smallest absolute Gasteiger partial charge is 0.219 e. The van der Waals surface area contributed by atoms with Crippen molar-refractivity contribution in [1.29, 1.82) is 0 Å². The van der Waals surface area contributed by atoms with Gasteiger partial charge in [0.05, 0.1) is 5.69 Å². The van der Waals surface area contributed by atoms with E-state index in [1.807, 2.05) is 0 Å². The van der Waals surface area contributed by atoms with Crippen molar-refractivity contribution in [3.8, 4) is 0 Å². The number of hydrogen-bond donors (Lipinski definition) is 2. The van der Waals surface area contributed by atoms with Gasteiger partial charge in [-0.3, -0.25) is 4.79 Å². The van der Waals surface area contributed by atoms with E-state index in [4.69, 9.17) is 0 Å². The molecule has 1 amide bonds. The van der Waals surface area contributed by atoms with Crippen LogP contribution in [0.25, 0.3) is 0 Å². The van der Waals surface area contributed by atoms with E-state index >= 15 is 0 Å². The lowest BCUT2D eigenvalue weighted by Gasteiger charge is -2.06. The van der Waals surface area contributed by atoms with Crippen LogP contribution < -0.4 is 10.6 Å². The molecule has 1 rings (SSSR count). The summed E-state index contributed by atoms with van der Waals surface area (Å²) in [4.78, 5) is 10.9. The summed E-state index contributed by atoms with van der Waals surface area (Å²) in [6, 6.07) is 3.34. The van der Waals surface area contributed by atoms with Gasteiger partial charge in [-0.1, -0.05) is 0 Å². The van der Waals surface area contributed by atoms with Crippen LogP contribution in [0.1, 0.15) is 12.8 Å². The molecule has 5 heteroatoms. The standard InChI is InChI=1S/C11H14F2N2O/c1-14-11(16)3-2-6-15-10-5-4-8(12)7-9(10)13/h4-5,7,15H,2-3,6H2,1H3,(H,14,16). The van der Waals surface area contributed by atoms with E-state index in [2.05, 4.69) is 10.6 Å². The highest BCUT2D eigenvalue weighted by molar-refractivity contribution is 5.75.